The second-order valence-electron chi connectivity index (χ2n) is 6.08. The van der Waals surface area contributed by atoms with Gasteiger partial charge in [0.25, 0.3) is 0 Å². The Kier molecular flexibility index (Phi) is 5.32. The molecule has 3 nitrogen and oxygen atoms in total. The van der Waals surface area contributed by atoms with Gasteiger partial charge >= 0.3 is 0 Å². The van der Waals surface area contributed by atoms with Crippen molar-refractivity contribution in [2.45, 2.75) is 20.3 Å². The Hall–Kier alpha value is -2.50. The maximum atomic E-state index is 5.50. The van der Waals surface area contributed by atoms with Gasteiger partial charge in [-0.15, -0.1) is 22.7 Å². The summed E-state index contributed by atoms with van der Waals surface area (Å²) in [7, 11) is 0. The molecular formula is C22H20N2OS2. The lowest BCUT2D eigenvalue weighted by Crippen LogP contribution is -1.90. The fourth-order valence-electron chi connectivity index (χ4n) is 2.81. The maximum absolute atomic E-state index is 5.50. The summed E-state index contributed by atoms with van der Waals surface area (Å²) in [4.78, 5) is 9.58. The molecule has 2 aromatic carbocycles. The van der Waals surface area contributed by atoms with Gasteiger partial charge in [-0.2, -0.15) is 0 Å². The van der Waals surface area contributed by atoms with Crippen LogP contribution in [0.1, 0.15) is 19.4 Å². The quantitative estimate of drug-likeness (QED) is 0.372. The zero-order valence-electron chi connectivity index (χ0n) is 15.3. The van der Waals surface area contributed by atoms with Crippen LogP contribution in [-0.2, 0) is 6.42 Å². The van der Waals surface area contributed by atoms with E-state index < -0.39 is 0 Å². The van der Waals surface area contributed by atoms with Gasteiger partial charge in [0, 0.05) is 21.9 Å². The number of benzene rings is 2. The SMILES string of the molecule is CCOc1ccc(-c2csc(-c3nc(-c4ccc(CC)cc4)cs3)n2)cc1. The summed E-state index contributed by atoms with van der Waals surface area (Å²) in [5, 5.41) is 6.11. The average molecular weight is 393 g/mol. The summed E-state index contributed by atoms with van der Waals surface area (Å²) < 4.78 is 5.50. The monoisotopic (exact) mass is 392 g/mol. The molecular weight excluding hydrogens is 372 g/mol. The standard InChI is InChI=1S/C22H20N2OS2/c1-3-15-5-7-16(8-6-15)19-13-26-21(23-19)22-24-20(14-27-22)17-9-11-18(12-10-17)25-4-2/h5-14H,3-4H2,1-2H3. The van der Waals surface area contributed by atoms with Gasteiger partial charge in [0.2, 0.25) is 0 Å². The Bertz CT molecular complexity index is 1020. The Labute approximate surface area is 167 Å². The third kappa shape index (κ3) is 3.94. The number of thiazole rings is 2. The smallest absolute Gasteiger partial charge is 0.152 e. The zero-order valence-corrected chi connectivity index (χ0v) is 16.9. The summed E-state index contributed by atoms with van der Waals surface area (Å²) >= 11 is 3.27. The Morgan fingerprint density at radius 2 is 1.26 bits per heavy atom. The lowest BCUT2D eigenvalue weighted by molar-refractivity contribution is 0.340. The highest BCUT2D eigenvalue weighted by Crippen LogP contribution is 2.33. The molecule has 0 atom stereocenters. The van der Waals surface area contributed by atoms with Crippen LogP contribution in [0.15, 0.2) is 59.3 Å². The van der Waals surface area contributed by atoms with E-state index in [1.54, 1.807) is 22.7 Å². The summed E-state index contributed by atoms with van der Waals surface area (Å²) in [5.74, 6) is 0.885. The summed E-state index contributed by atoms with van der Waals surface area (Å²) in [6, 6.07) is 16.7. The average Bonchev–Trinajstić information content (AvgIpc) is 3.39. The zero-order chi connectivity index (χ0) is 18.6. The minimum Gasteiger partial charge on any atom is -0.494 e. The lowest BCUT2D eigenvalue weighted by Gasteiger charge is -2.03. The Morgan fingerprint density at radius 1 is 0.741 bits per heavy atom. The van der Waals surface area contributed by atoms with Crippen molar-refractivity contribution in [3.05, 3.63) is 64.9 Å². The minimum absolute atomic E-state index is 0.674. The fraction of sp³-hybridized carbons (Fsp3) is 0.182. The number of hydrogen-bond acceptors (Lipinski definition) is 5. The van der Waals surface area contributed by atoms with Gasteiger partial charge in [-0.1, -0.05) is 31.2 Å². The van der Waals surface area contributed by atoms with Crippen molar-refractivity contribution < 1.29 is 4.74 Å². The molecule has 0 bridgehead atoms. The number of aromatic nitrogens is 2. The normalized spacial score (nSPS) is 10.9. The van der Waals surface area contributed by atoms with Crippen molar-refractivity contribution in [1.29, 1.82) is 0 Å². The Balaban J connectivity index is 1.55. The molecule has 0 amide bonds. The predicted molar refractivity (Wildman–Crippen MR) is 115 cm³/mol. The molecule has 0 aliphatic heterocycles. The molecule has 2 heterocycles. The van der Waals surface area contributed by atoms with E-state index in [0.29, 0.717) is 6.61 Å². The molecule has 0 spiro atoms. The predicted octanol–water partition coefficient (Wildman–Crippen LogP) is 6.56. The van der Waals surface area contributed by atoms with E-state index in [1.165, 1.54) is 5.56 Å². The van der Waals surface area contributed by atoms with Gasteiger partial charge in [0.15, 0.2) is 10.0 Å². The van der Waals surface area contributed by atoms with Crippen LogP contribution in [-0.4, -0.2) is 16.6 Å². The third-order valence-electron chi connectivity index (χ3n) is 4.31. The van der Waals surface area contributed by atoms with Crippen LogP contribution in [0.4, 0.5) is 0 Å². The van der Waals surface area contributed by atoms with Crippen LogP contribution < -0.4 is 4.74 Å². The molecule has 0 N–H and O–H groups in total. The first-order valence-electron chi connectivity index (χ1n) is 9.00. The van der Waals surface area contributed by atoms with Crippen molar-refractivity contribution in [3.63, 3.8) is 0 Å². The van der Waals surface area contributed by atoms with Gasteiger partial charge in [-0.3, -0.25) is 0 Å². The van der Waals surface area contributed by atoms with Gasteiger partial charge in [0.1, 0.15) is 5.75 Å². The number of rotatable bonds is 6. The van der Waals surface area contributed by atoms with Gasteiger partial charge in [-0.25, -0.2) is 9.97 Å². The van der Waals surface area contributed by atoms with Crippen molar-refractivity contribution in [3.8, 4) is 38.3 Å². The molecule has 0 saturated heterocycles. The van der Waals surface area contributed by atoms with Crippen LogP contribution in [0.25, 0.3) is 32.5 Å². The molecule has 0 unspecified atom stereocenters. The number of aryl methyl sites for hydroxylation is 1. The first-order valence-corrected chi connectivity index (χ1v) is 10.8. The number of nitrogens with zero attached hydrogens (tertiary/aromatic N) is 2. The van der Waals surface area contributed by atoms with Gasteiger partial charge in [-0.05, 0) is 43.2 Å². The highest BCUT2D eigenvalue weighted by Gasteiger charge is 2.12. The Morgan fingerprint density at radius 3 is 1.74 bits per heavy atom. The molecule has 4 rings (SSSR count). The van der Waals surface area contributed by atoms with E-state index in [-0.39, 0.29) is 0 Å². The van der Waals surface area contributed by atoms with E-state index in [1.807, 2.05) is 31.2 Å². The molecule has 4 aromatic rings. The lowest BCUT2D eigenvalue weighted by atomic mass is 10.1. The van der Waals surface area contributed by atoms with Crippen molar-refractivity contribution >= 4 is 22.7 Å². The van der Waals surface area contributed by atoms with Crippen LogP contribution in [0, 0.1) is 0 Å². The molecule has 0 aliphatic rings. The molecule has 0 saturated carbocycles. The largest absolute Gasteiger partial charge is 0.494 e. The molecule has 27 heavy (non-hydrogen) atoms. The first kappa shape index (κ1) is 17.9. The topological polar surface area (TPSA) is 35.0 Å². The summed E-state index contributed by atoms with van der Waals surface area (Å²) in [6.07, 6.45) is 1.05. The van der Waals surface area contributed by atoms with E-state index in [0.717, 1.165) is 44.7 Å². The highest BCUT2D eigenvalue weighted by atomic mass is 32.1. The molecule has 5 heteroatoms. The maximum Gasteiger partial charge on any atom is 0.152 e. The summed E-state index contributed by atoms with van der Waals surface area (Å²) in [6.45, 7) is 4.83. The fourth-order valence-corrected chi connectivity index (χ4v) is 4.52. The number of ether oxygens (including phenoxy) is 1. The van der Waals surface area contributed by atoms with Crippen LogP contribution >= 0.6 is 22.7 Å². The van der Waals surface area contributed by atoms with E-state index in [2.05, 4.69) is 41.9 Å². The van der Waals surface area contributed by atoms with Crippen molar-refractivity contribution in [2.24, 2.45) is 0 Å². The second-order valence-corrected chi connectivity index (χ2v) is 7.80. The first-order chi connectivity index (χ1) is 13.3. The van der Waals surface area contributed by atoms with Crippen LogP contribution in [0.2, 0.25) is 0 Å². The number of hydrogen-bond donors (Lipinski definition) is 0. The van der Waals surface area contributed by atoms with Crippen LogP contribution in [0.3, 0.4) is 0 Å². The van der Waals surface area contributed by atoms with Crippen LogP contribution in [0.5, 0.6) is 5.75 Å². The van der Waals surface area contributed by atoms with E-state index in [9.17, 15) is 0 Å². The molecule has 0 fully saturated rings. The summed E-state index contributed by atoms with van der Waals surface area (Å²) in [5.41, 5.74) is 5.57. The van der Waals surface area contributed by atoms with Gasteiger partial charge in [0.05, 0.1) is 18.0 Å². The van der Waals surface area contributed by atoms with Crippen molar-refractivity contribution in [1.82, 2.24) is 9.97 Å². The molecule has 0 radical (unpaired) electrons. The van der Waals surface area contributed by atoms with E-state index >= 15 is 0 Å². The van der Waals surface area contributed by atoms with Gasteiger partial charge < -0.3 is 4.74 Å². The van der Waals surface area contributed by atoms with E-state index in [4.69, 9.17) is 14.7 Å². The second kappa shape index (κ2) is 8.03. The molecule has 136 valence electrons. The molecule has 2 aromatic heterocycles. The molecule has 0 aliphatic carbocycles. The van der Waals surface area contributed by atoms with Crippen molar-refractivity contribution in [2.75, 3.05) is 6.61 Å². The minimum atomic E-state index is 0.674. The highest BCUT2D eigenvalue weighted by molar-refractivity contribution is 7.20. The third-order valence-corrected chi connectivity index (χ3v) is 6.14.